The van der Waals surface area contributed by atoms with Crippen LogP contribution in [0.3, 0.4) is 0 Å². The van der Waals surface area contributed by atoms with Crippen molar-refractivity contribution in [1.29, 1.82) is 0 Å². The Morgan fingerprint density at radius 1 is 1.26 bits per heavy atom. The number of aromatic amines is 1. The van der Waals surface area contributed by atoms with Crippen molar-refractivity contribution < 1.29 is 13.9 Å². The third-order valence-electron chi connectivity index (χ3n) is 3.89. The summed E-state index contributed by atoms with van der Waals surface area (Å²) in [6.45, 7) is 1.66. The molecule has 1 N–H and O–H groups in total. The first kappa shape index (κ1) is 18.2. The van der Waals surface area contributed by atoms with Gasteiger partial charge in [-0.05, 0) is 43.3 Å². The molecule has 2 heterocycles. The molecule has 138 valence electrons. The molecule has 0 radical (unpaired) electrons. The summed E-state index contributed by atoms with van der Waals surface area (Å²) >= 11 is 0. The number of aromatic nitrogens is 3. The van der Waals surface area contributed by atoms with Crippen LogP contribution < -0.4 is 5.56 Å². The van der Waals surface area contributed by atoms with Crippen molar-refractivity contribution in [3.05, 3.63) is 76.1 Å². The summed E-state index contributed by atoms with van der Waals surface area (Å²) in [5.41, 5.74) is 1.03. The predicted molar refractivity (Wildman–Crippen MR) is 98.2 cm³/mol. The van der Waals surface area contributed by atoms with Crippen LogP contribution in [-0.4, -0.2) is 33.6 Å². The quantitative estimate of drug-likeness (QED) is 0.554. The second-order valence-electron chi connectivity index (χ2n) is 5.72. The van der Waals surface area contributed by atoms with Crippen LogP contribution in [0.1, 0.15) is 18.2 Å². The molecule has 1 aromatic carbocycles. The Kier molecular flexibility index (Phi) is 5.25. The molecular formula is C19H17FN4O3. The van der Waals surface area contributed by atoms with Crippen molar-refractivity contribution in [1.82, 2.24) is 14.8 Å². The minimum atomic E-state index is -0.505. The van der Waals surface area contributed by atoms with E-state index in [-0.39, 0.29) is 12.0 Å². The first-order chi connectivity index (χ1) is 13.0. The molecule has 0 bridgehead atoms. The maximum Gasteiger partial charge on any atom is 0.311 e. The Morgan fingerprint density at radius 2 is 2.00 bits per heavy atom. The van der Waals surface area contributed by atoms with Gasteiger partial charge in [0.05, 0.1) is 36.2 Å². The summed E-state index contributed by atoms with van der Waals surface area (Å²) in [5.74, 6) is -0.483. The highest BCUT2D eigenvalue weighted by molar-refractivity contribution is 6.01. The number of pyridine rings is 1. The SMILES string of the molecule is COC(=O)Cc1[nH]n(-c2ccc(F)cc2)c(=O)c1/C(C)=N/c1ccccn1. The second-order valence-corrected chi connectivity index (χ2v) is 5.72. The van der Waals surface area contributed by atoms with Gasteiger partial charge in [-0.1, -0.05) is 6.07 Å². The number of benzene rings is 1. The lowest BCUT2D eigenvalue weighted by Crippen LogP contribution is -2.20. The van der Waals surface area contributed by atoms with E-state index in [1.54, 1.807) is 31.3 Å². The van der Waals surface area contributed by atoms with Gasteiger partial charge in [-0.2, -0.15) is 0 Å². The van der Waals surface area contributed by atoms with Gasteiger partial charge in [-0.25, -0.2) is 19.0 Å². The standard InChI is InChI=1S/C19H17FN4O3/c1-12(22-16-5-3-4-10-21-16)18-15(11-17(25)27-2)23-24(19(18)26)14-8-6-13(20)7-9-14/h3-10,23H,11H2,1-2H3/b22-12+. The normalized spacial score (nSPS) is 11.4. The lowest BCUT2D eigenvalue weighted by atomic mass is 10.1. The van der Waals surface area contributed by atoms with Crippen LogP contribution in [0.2, 0.25) is 0 Å². The largest absolute Gasteiger partial charge is 0.469 e. The Bertz CT molecular complexity index is 1040. The smallest absolute Gasteiger partial charge is 0.311 e. The van der Waals surface area contributed by atoms with Gasteiger partial charge in [0.1, 0.15) is 5.82 Å². The van der Waals surface area contributed by atoms with Crippen LogP contribution in [0.25, 0.3) is 5.69 Å². The molecule has 0 saturated carbocycles. The monoisotopic (exact) mass is 368 g/mol. The number of nitrogens with one attached hydrogen (secondary N) is 1. The summed E-state index contributed by atoms with van der Waals surface area (Å²) in [4.78, 5) is 33.2. The van der Waals surface area contributed by atoms with Crippen molar-refractivity contribution in [2.75, 3.05) is 7.11 Å². The second kappa shape index (κ2) is 7.77. The van der Waals surface area contributed by atoms with Gasteiger partial charge in [0, 0.05) is 6.20 Å². The van der Waals surface area contributed by atoms with E-state index in [4.69, 9.17) is 4.74 Å². The number of ether oxygens (including phenoxy) is 1. The molecule has 27 heavy (non-hydrogen) atoms. The number of carbonyl (C=O) groups is 1. The van der Waals surface area contributed by atoms with Crippen LogP contribution in [0, 0.1) is 5.82 Å². The number of nitrogens with zero attached hydrogens (tertiary/aromatic N) is 3. The Hall–Kier alpha value is -3.55. The van der Waals surface area contributed by atoms with Gasteiger partial charge in [0.15, 0.2) is 5.82 Å². The van der Waals surface area contributed by atoms with E-state index in [0.717, 1.165) is 0 Å². The zero-order valence-corrected chi connectivity index (χ0v) is 14.8. The molecule has 8 heteroatoms. The van der Waals surface area contributed by atoms with E-state index in [2.05, 4.69) is 15.1 Å². The van der Waals surface area contributed by atoms with Crippen molar-refractivity contribution >= 4 is 17.5 Å². The zero-order chi connectivity index (χ0) is 19.4. The zero-order valence-electron chi connectivity index (χ0n) is 14.8. The number of hydrogen-bond acceptors (Lipinski definition) is 5. The molecule has 2 aromatic heterocycles. The van der Waals surface area contributed by atoms with Gasteiger partial charge >= 0.3 is 5.97 Å². The topological polar surface area (TPSA) is 89.3 Å². The van der Waals surface area contributed by atoms with E-state index < -0.39 is 17.3 Å². The maximum atomic E-state index is 13.2. The molecule has 0 unspecified atom stereocenters. The molecule has 3 rings (SSSR count). The lowest BCUT2D eigenvalue weighted by Gasteiger charge is -2.02. The third-order valence-corrected chi connectivity index (χ3v) is 3.89. The summed E-state index contributed by atoms with van der Waals surface area (Å²) < 4.78 is 19.1. The van der Waals surface area contributed by atoms with Crippen LogP contribution in [-0.2, 0) is 16.0 Å². The fourth-order valence-electron chi connectivity index (χ4n) is 2.62. The van der Waals surface area contributed by atoms with Crippen molar-refractivity contribution in [2.45, 2.75) is 13.3 Å². The van der Waals surface area contributed by atoms with Gasteiger partial charge in [-0.3, -0.25) is 14.7 Å². The Labute approximate surface area is 154 Å². The number of H-pyrrole nitrogens is 1. The summed E-state index contributed by atoms with van der Waals surface area (Å²) in [7, 11) is 1.27. The molecule has 0 spiro atoms. The van der Waals surface area contributed by atoms with Crippen molar-refractivity contribution in [3.63, 3.8) is 0 Å². The Balaban J connectivity index is 2.13. The number of rotatable bonds is 5. The number of aliphatic imine (C=N–C) groups is 1. The molecule has 0 aliphatic heterocycles. The van der Waals surface area contributed by atoms with E-state index >= 15 is 0 Å². The average molecular weight is 368 g/mol. The van der Waals surface area contributed by atoms with Gasteiger partial charge in [0.2, 0.25) is 0 Å². The molecular weight excluding hydrogens is 351 g/mol. The molecule has 0 saturated heterocycles. The maximum absolute atomic E-state index is 13.2. The highest BCUT2D eigenvalue weighted by atomic mass is 19.1. The van der Waals surface area contributed by atoms with E-state index in [1.807, 2.05) is 0 Å². The van der Waals surface area contributed by atoms with E-state index in [1.165, 1.54) is 36.1 Å². The first-order valence-corrected chi connectivity index (χ1v) is 8.13. The fraction of sp³-hybridized carbons (Fsp3) is 0.158. The molecule has 0 aliphatic carbocycles. The Morgan fingerprint density at radius 3 is 2.63 bits per heavy atom. The minimum Gasteiger partial charge on any atom is -0.469 e. The van der Waals surface area contributed by atoms with Gasteiger partial charge in [0.25, 0.3) is 5.56 Å². The van der Waals surface area contributed by atoms with E-state index in [9.17, 15) is 14.0 Å². The molecule has 0 fully saturated rings. The van der Waals surface area contributed by atoms with Crippen LogP contribution >= 0.6 is 0 Å². The molecule has 3 aromatic rings. The average Bonchev–Trinajstić information content (AvgIpc) is 2.99. The number of hydrogen-bond donors (Lipinski definition) is 1. The predicted octanol–water partition coefficient (Wildman–Crippen LogP) is 2.56. The summed E-state index contributed by atoms with van der Waals surface area (Å²) in [5, 5.41) is 2.90. The van der Waals surface area contributed by atoms with Gasteiger partial charge in [-0.15, -0.1) is 0 Å². The summed E-state index contributed by atoms with van der Waals surface area (Å²) in [6.07, 6.45) is 1.46. The molecule has 0 aliphatic rings. The number of carbonyl (C=O) groups excluding carboxylic acids is 1. The van der Waals surface area contributed by atoms with Crippen LogP contribution in [0.5, 0.6) is 0 Å². The summed E-state index contributed by atoms with van der Waals surface area (Å²) in [6, 6.07) is 10.7. The third kappa shape index (κ3) is 4.00. The highest BCUT2D eigenvalue weighted by Gasteiger charge is 2.20. The number of halogens is 1. The van der Waals surface area contributed by atoms with E-state index in [0.29, 0.717) is 22.9 Å². The number of methoxy groups -OCH3 is 1. The highest BCUT2D eigenvalue weighted by Crippen LogP contribution is 2.14. The van der Waals surface area contributed by atoms with Crippen molar-refractivity contribution in [3.8, 4) is 5.69 Å². The first-order valence-electron chi connectivity index (χ1n) is 8.13. The van der Waals surface area contributed by atoms with Crippen LogP contribution in [0.4, 0.5) is 10.2 Å². The van der Waals surface area contributed by atoms with Crippen molar-refractivity contribution in [2.24, 2.45) is 4.99 Å². The minimum absolute atomic E-state index is 0.135. The lowest BCUT2D eigenvalue weighted by molar-refractivity contribution is -0.139. The molecule has 7 nitrogen and oxygen atoms in total. The number of esters is 1. The fourth-order valence-corrected chi connectivity index (χ4v) is 2.62. The van der Waals surface area contributed by atoms with Gasteiger partial charge < -0.3 is 4.74 Å². The molecule has 0 atom stereocenters. The molecule has 0 amide bonds. The van der Waals surface area contributed by atoms with Crippen LogP contribution in [0.15, 0.2) is 58.4 Å².